The summed E-state index contributed by atoms with van der Waals surface area (Å²) in [5.74, 6) is -0.0521. The fourth-order valence-corrected chi connectivity index (χ4v) is 2.82. The van der Waals surface area contributed by atoms with Crippen LogP contribution < -0.4 is 11.1 Å². The fraction of sp³-hybridized carbons (Fsp3) is 0.833. The van der Waals surface area contributed by atoms with E-state index in [9.17, 15) is 9.59 Å². The van der Waals surface area contributed by atoms with Crippen LogP contribution in [0.25, 0.3) is 0 Å². The van der Waals surface area contributed by atoms with Crippen molar-refractivity contribution in [3.63, 3.8) is 0 Å². The maximum Gasteiger partial charge on any atom is 0.225 e. The van der Waals surface area contributed by atoms with Gasteiger partial charge in [-0.1, -0.05) is 12.8 Å². The predicted molar refractivity (Wildman–Crippen MR) is 64.1 cm³/mol. The van der Waals surface area contributed by atoms with Crippen molar-refractivity contribution in [1.82, 2.24) is 10.2 Å². The van der Waals surface area contributed by atoms with Gasteiger partial charge < -0.3 is 16.0 Å². The number of amides is 2. The Morgan fingerprint density at radius 2 is 2.12 bits per heavy atom. The van der Waals surface area contributed by atoms with E-state index in [1.807, 2.05) is 4.90 Å². The highest BCUT2D eigenvalue weighted by atomic mass is 16.2. The highest BCUT2D eigenvalue weighted by Gasteiger charge is 2.38. The van der Waals surface area contributed by atoms with Gasteiger partial charge in [0.2, 0.25) is 11.8 Å². The second-order valence-electron chi connectivity index (χ2n) is 4.97. The van der Waals surface area contributed by atoms with E-state index in [0.717, 1.165) is 12.8 Å². The van der Waals surface area contributed by atoms with Crippen LogP contribution in [-0.2, 0) is 9.59 Å². The fourth-order valence-electron chi connectivity index (χ4n) is 2.82. The highest BCUT2D eigenvalue weighted by molar-refractivity contribution is 5.89. The molecular weight excluding hydrogens is 218 g/mol. The second kappa shape index (κ2) is 5.49. The van der Waals surface area contributed by atoms with Gasteiger partial charge in [-0.3, -0.25) is 9.59 Å². The largest absolute Gasteiger partial charge is 0.355 e. The average molecular weight is 239 g/mol. The maximum absolute atomic E-state index is 11.9. The molecule has 3 N–H and O–H groups in total. The standard InChI is InChI=1S/C12H21N3O2/c13-5-6-14-12(17)9-7-11(16)15(8-9)10-3-1-2-4-10/h9-10H,1-8,13H2,(H,14,17). The summed E-state index contributed by atoms with van der Waals surface area (Å²) in [7, 11) is 0. The van der Waals surface area contributed by atoms with Gasteiger partial charge in [-0.2, -0.15) is 0 Å². The molecule has 2 rings (SSSR count). The van der Waals surface area contributed by atoms with E-state index in [0.29, 0.717) is 32.1 Å². The van der Waals surface area contributed by atoms with Crippen molar-refractivity contribution in [3.05, 3.63) is 0 Å². The van der Waals surface area contributed by atoms with E-state index >= 15 is 0 Å². The molecule has 1 saturated carbocycles. The molecule has 0 aromatic rings. The van der Waals surface area contributed by atoms with E-state index in [-0.39, 0.29) is 17.7 Å². The molecule has 0 aromatic heterocycles. The summed E-state index contributed by atoms with van der Waals surface area (Å²) in [6.45, 7) is 1.53. The number of hydrogen-bond donors (Lipinski definition) is 2. The van der Waals surface area contributed by atoms with Gasteiger partial charge in [0, 0.05) is 32.1 Å². The Bertz CT molecular complexity index is 300. The summed E-state index contributed by atoms with van der Waals surface area (Å²) < 4.78 is 0. The van der Waals surface area contributed by atoms with E-state index in [1.165, 1.54) is 12.8 Å². The first-order chi connectivity index (χ1) is 8.22. The molecule has 1 atom stereocenters. The van der Waals surface area contributed by atoms with Crippen LogP contribution in [0.3, 0.4) is 0 Å². The van der Waals surface area contributed by atoms with Crippen molar-refractivity contribution < 1.29 is 9.59 Å². The van der Waals surface area contributed by atoms with E-state index in [2.05, 4.69) is 5.32 Å². The summed E-state index contributed by atoms with van der Waals surface area (Å²) in [6.07, 6.45) is 4.98. The molecule has 5 heteroatoms. The van der Waals surface area contributed by atoms with Crippen molar-refractivity contribution in [3.8, 4) is 0 Å². The lowest BCUT2D eigenvalue weighted by Gasteiger charge is -2.23. The molecule has 2 fully saturated rings. The van der Waals surface area contributed by atoms with Crippen LogP contribution in [0.1, 0.15) is 32.1 Å². The lowest BCUT2D eigenvalue weighted by molar-refractivity contribution is -0.130. The third-order valence-electron chi connectivity index (χ3n) is 3.74. The zero-order valence-electron chi connectivity index (χ0n) is 10.2. The molecule has 17 heavy (non-hydrogen) atoms. The zero-order valence-corrected chi connectivity index (χ0v) is 10.2. The maximum atomic E-state index is 11.9. The summed E-state index contributed by atoms with van der Waals surface area (Å²) in [5.41, 5.74) is 5.34. The molecule has 96 valence electrons. The molecule has 1 aliphatic heterocycles. The van der Waals surface area contributed by atoms with Crippen LogP contribution in [0.4, 0.5) is 0 Å². The number of rotatable bonds is 4. The molecule has 1 aliphatic carbocycles. The Labute approximate surface area is 102 Å². The third kappa shape index (κ3) is 2.77. The molecule has 2 aliphatic rings. The van der Waals surface area contributed by atoms with Gasteiger partial charge in [0.1, 0.15) is 0 Å². The van der Waals surface area contributed by atoms with Crippen molar-refractivity contribution in [2.24, 2.45) is 11.7 Å². The summed E-state index contributed by atoms with van der Waals surface area (Å²) in [4.78, 5) is 25.6. The van der Waals surface area contributed by atoms with Crippen molar-refractivity contribution >= 4 is 11.8 Å². The Morgan fingerprint density at radius 3 is 2.76 bits per heavy atom. The Kier molecular flexibility index (Phi) is 3.99. The van der Waals surface area contributed by atoms with Crippen LogP contribution in [0.2, 0.25) is 0 Å². The number of nitrogens with one attached hydrogen (secondary N) is 1. The molecule has 0 aromatic carbocycles. The monoisotopic (exact) mass is 239 g/mol. The minimum absolute atomic E-state index is 0.0238. The lowest BCUT2D eigenvalue weighted by atomic mass is 10.1. The first-order valence-corrected chi connectivity index (χ1v) is 6.49. The number of likely N-dealkylation sites (tertiary alicyclic amines) is 1. The predicted octanol–water partition coefficient (Wildman–Crippen LogP) is -0.148. The van der Waals surface area contributed by atoms with Crippen LogP contribution in [-0.4, -0.2) is 42.4 Å². The number of nitrogens with two attached hydrogens (primary N) is 1. The SMILES string of the molecule is NCCNC(=O)C1CC(=O)N(C2CCCC2)C1. The molecule has 0 radical (unpaired) electrons. The smallest absolute Gasteiger partial charge is 0.225 e. The molecule has 1 heterocycles. The molecule has 2 amide bonds. The number of carbonyl (C=O) groups excluding carboxylic acids is 2. The minimum atomic E-state index is -0.172. The van der Waals surface area contributed by atoms with Crippen LogP contribution in [0, 0.1) is 5.92 Å². The zero-order chi connectivity index (χ0) is 12.3. The van der Waals surface area contributed by atoms with Gasteiger partial charge in [-0.15, -0.1) is 0 Å². The molecule has 0 bridgehead atoms. The summed E-state index contributed by atoms with van der Waals surface area (Å²) in [5, 5.41) is 2.76. The van der Waals surface area contributed by atoms with E-state index in [1.54, 1.807) is 0 Å². The second-order valence-corrected chi connectivity index (χ2v) is 4.97. The molecule has 0 spiro atoms. The van der Waals surface area contributed by atoms with Gasteiger partial charge in [0.25, 0.3) is 0 Å². The Balaban J connectivity index is 1.87. The van der Waals surface area contributed by atoms with Gasteiger partial charge in [-0.25, -0.2) is 0 Å². The van der Waals surface area contributed by atoms with E-state index < -0.39 is 0 Å². The molecule has 5 nitrogen and oxygen atoms in total. The van der Waals surface area contributed by atoms with Gasteiger partial charge >= 0.3 is 0 Å². The number of carbonyl (C=O) groups is 2. The van der Waals surface area contributed by atoms with Crippen LogP contribution >= 0.6 is 0 Å². The lowest BCUT2D eigenvalue weighted by Crippen LogP contribution is -2.38. The molecular formula is C12H21N3O2. The normalized spacial score (nSPS) is 25.6. The van der Waals surface area contributed by atoms with Gasteiger partial charge in [-0.05, 0) is 12.8 Å². The molecule has 1 saturated heterocycles. The van der Waals surface area contributed by atoms with Crippen LogP contribution in [0.5, 0.6) is 0 Å². The number of hydrogen-bond acceptors (Lipinski definition) is 3. The quantitative estimate of drug-likeness (QED) is 0.716. The Hall–Kier alpha value is -1.10. The first-order valence-electron chi connectivity index (χ1n) is 6.49. The Morgan fingerprint density at radius 1 is 1.41 bits per heavy atom. The van der Waals surface area contributed by atoms with Crippen molar-refractivity contribution in [2.75, 3.05) is 19.6 Å². The van der Waals surface area contributed by atoms with Crippen molar-refractivity contribution in [1.29, 1.82) is 0 Å². The first kappa shape index (κ1) is 12.4. The van der Waals surface area contributed by atoms with E-state index in [4.69, 9.17) is 5.73 Å². The highest BCUT2D eigenvalue weighted by Crippen LogP contribution is 2.29. The average Bonchev–Trinajstić information content (AvgIpc) is 2.94. The molecule has 1 unspecified atom stereocenters. The van der Waals surface area contributed by atoms with Crippen LogP contribution in [0.15, 0.2) is 0 Å². The summed E-state index contributed by atoms with van der Waals surface area (Å²) >= 11 is 0. The summed E-state index contributed by atoms with van der Waals surface area (Å²) in [6, 6.07) is 0.384. The van der Waals surface area contributed by atoms with Gasteiger partial charge in [0.15, 0.2) is 0 Å². The van der Waals surface area contributed by atoms with Gasteiger partial charge in [0.05, 0.1) is 5.92 Å². The minimum Gasteiger partial charge on any atom is -0.355 e. The third-order valence-corrected chi connectivity index (χ3v) is 3.74. The van der Waals surface area contributed by atoms with Crippen molar-refractivity contribution in [2.45, 2.75) is 38.1 Å². The number of nitrogens with zero attached hydrogens (tertiary/aromatic N) is 1. The topological polar surface area (TPSA) is 75.4 Å².